The molecule has 780 valence electrons. The van der Waals surface area contributed by atoms with E-state index in [0.717, 1.165) is 106 Å². The molecule has 0 bridgehead atoms. The highest BCUT2D eigenvalue weighted by atomic mass is 16.7. The minimum atomic E-state index is -0.384. The molecule has 0 radical (unpaired) electrons. The van der Waals surface area contributed by atoms with Gasteiger partial charge in [-0.2, -0.15) is 0 Å². The molecule has 11 atom stereocenters. The van der Waals surface area contributed by atoms with E-state index in [9.17, 15) is 9.59 Å². The zero-order valence-corrected chi connectivity index (χ0v) is 92.1. The van der Waals surface area contributed by atoms with Crippen LogP contribution in [0.2, 0.25) is 0 Å². The van der Waals surface area contributed by atoms with Crippen molar-refractivity contribution >= 4 is 11.9 Å². The van der Waals surface area contributed by atoms with Crippen molar-refractivity contribution in [1.82, 2.24) is 0 Å². The van der Waals surface area contributed by atoms with Gasteiger partial charge in [0.1, 0.15) is 59.2 Å². The number of ether oxygens (including phenoxy) is 9. The number of hydrogen-bond donors (Lipinski definition) is 3. The molecule has 12 rings (SSSR count). The summed E-state index contributed by atoms with van der Waals surface area (Å²) in [6, 6.07) is 72.6. The van der Waals surface area contributed by atoms with Gasteiger partial charge in [-0.25, -0.2) is 0 Å². The normalized spacial score (nSPS) is 16.6. The molecule has 0 heterocycles. The zero-order chi connectivity index (χ0) is 104. The number of hydrogen-bond acceptors (Lipinski definition) is 14. The second kappa shape index (κ2) is 67.1. The van der Waals surface area contributed by atoms with E-state index in [-0.39, 0.29) is 48.7 Å². The molecule has 9 aromatic carbocycles. The maximum absolute atomic E-state index is 12.3. The minimum absolute atomic E-state index is 0.0475. The Kier molecular flexibility index (Phi) is 58.0. The Morgan fingerprint density at radius 3 is 0.887 bits per heavy atom. The molecule has 3 aliphatic rings. The molecular weight excluding hydrogens is 1750 g/mol. The first-order chi connectivity index (χ1) is 67.3. The summed E-state index contributed by atoms with van der Waals surface area (Å²) in [5, 5.41) is 27.0. The van der Waals surface area contributed by atoms with E-state index < -0.39 is 0 Å². The number of aromatic hydroxyl groups is 3. The van der Waals surface area contributed by atoms with Gasteiger partial charge in [0.2, 0.25) is 0 Å². The molecule has 14 nitrogen and oxygen atoms in total. The average Bonchev–Trinajstić information content (AvgIpc) is 0.839. The highest BCUT2D eigenvalue weighted by Crippen LogP contribution is 2.41. The fourth-order valence-electron chi connectivity index (χ4n) is 17.1. The summed E-state index contributed by atoms with van der Waals surface area (Å²) in [6.07, 6.45) is 27.4. The van der Waals surface area contributed by atoms with Crippen LogP contribution >= 0.6 is 0 Å². The molecule has 0 saturated heterocycles. The van der Waals surface area contributed by atoms with Gasteiger partial charge in [-0.15, -0.1) is 0 Å². The first kappa shape index (κ1) is 122. The predicted molar refractivity (Wildman–Crippen MR) is 589 cm³/mol. The molecule has 141 heavy (non-hydrogen) atoms. The lowest BCUT2D eigenvalue weighted by Crippen LogP contribution is -2.30. The van der Waals surface area contributed by atoms with E-state index in [2.05, 4.69) is 249 Å². The lowest BCUT2D eigenvalue weighted by Gasteiger charge is -2.36. The van der Waals surface area contributed by atoms with E-state index in [0.29, 0.717) is 101 Å². The smallest absolute Gasteiger partial charge is 0.309 e. The molecule has 3 N–H and O–H groups in total. The van der Waals surface area contributed by atoms with Crippen LogP contribution in [0.4, 0.5) is 0 Å². The Balaban J connectivity index is 0.000000293. The van der Waals surface area contributed by atoms with Gasteiger partial charge in [-0.1, -0.05) is 325 Å². The number of carbonyl (C=O) groups excluding carboxylic acids is 2. The Morgan fingerprint density at radius 1 is 0.312 bits per heavy atom. The lowest BCUT2D eigenvalue weighted by molar-refractivity contribution is -0.154. The van der Waals surface area contributed by atoms with E-state index >= 15 is 0 Å². The molecule has 0 amide bonds. The van der Waals surface area contributed by atoms with Crippen molar-refractivity contribution in [2.45, 2.75) is 405 Å². The summed E-state index contributed by atoms with van der Waals surface area (Å²) in [7, 11) is 0. The first-order valence-electron chi connectivity index (χ1n) is 54.1. The van der Waals surface area contributed by atoms with Crippen molar-refractivity contribution in [2.24, 2.45) is 23.2 Å². The number of benzene rings is 9. The van der Waals surface area contributed by atoms with Crippen molar-refractivity contribution in [3.05, 3.63) is 274 Å². The van der Waals surface area contributed by atoms with Gasteiger partial charge >= 0.3 is 11.9 Å². The number of phenols is 3. The van der Waals surface area contributed by atoms with Crippen LogP contribution in [-0.4, -0.2) is 79.2 Å². The maximum atomic E-state index is 12.3. The highest BCUT2D eigenvalue weighted by Gasteiger charge is 2.33. The van der Waals surface area contributed by atoms with Crippen LogP contribution in [0.3, 0.4) is 0 Å². The van der Waals surface area contributed by atoms with Gasteiger partial charge < -0.3 is 58.0 Å². The monoisotopic (exact) mass is 1940 g/mol. The van der Waals surface area contributed by atoms with Gasteiger partial charge in [0.25, 0.3) is 0 Å². The second-order valence-electron chi connectivity index (χ2n) is 41.8. The third kappa shape index (κ3) is 48.6. The molecular formula is C127H188O14. The fourth-order valence-corrected chi connectivity index (χ4v) is 17.1. The fraction of sp³-hybridized carbons (Fsp3) is 0.559. The first-order valence-corrected chi connectivity index (χ1v) is 54.1. The summed E-state index contributed by atoms with van der Waals surface area (Å²) in [5.41, 5.74) is 14.1. The van der Waals surface area contributed by atoms with Crippen LogP contribution in [0, 0.1) is 23.2 Å². The van der Waals surface area contributed by atoms with Crippen molar-refractivity contribution in [3.8, 4) is 46.0 Å². The van der Waals surface area contributed by atoms with Gasteiger partial charge in [0.15, 0.2) is 18.9 Å². The number of phenolic OH excluding ortho intramolecular Hbond substituents is 3. The molecule has 9 aromatic rings. The van der Waals surface area contributed by atoms with E-state index in [4.69, 9.17) is 58.0 Å². The lowest BCUT2D eigenvalue weighted by atomic mass is 9.70. The van der Waals surface area contributed by atoms with Crippen molar-refractivity contribution in [3.63, 3.8) is 0 Å². The molecule has 0 aromatic heterocycles. The number of carbonyl (C=O) groups is 2. The molecule has 11 unspecified atom stereocenters. The molecule has 14 heteroatoms. The van der Waals surface area contributed by atoms with Gasteiger partial charge in [-0.3, -0.25) is 9.59 Å². The standard InChI is InChI=1S/C26H36O3.C25H40O4.C20H32O2.C14H22.C12H16O2.3C10H14O/c1-4-20(2)22-10-16-26(17-11-22)29-21(3)27-18-19-28-25-14-12-24(13-15-25)23-8-6-5-7-9-23;1-7-18(2)20-10-14-23(15-11-20)29-19(3)27-16-17-28-24(26)21-8-12-22(13-9-21)25(4,5)6;1-4-16(2)19-10-12-20(13-11-19)22-17(3)21-15-14-18-8-6-5-7-9-18;1-6-11(2)12-7-9-13(10-8-12)14(3,4)5;1-4-9(2)11-5-7-12(8-6-11)14-10(3)13;3*1-3-8(2)9-4-6-10(11)7-5-9/h10-17,20-21,23H,4-9,18-19H2,1-3H3;10-11,14-15,18-19,21-22H,7-9,12-13,16-17H2,1-6H3;10-13,16-18H,4-9,14-15H2,1-3H3;7-11H,6H2,1-5H3;5-9H,4H2,1-3H3;3*4-8,11H,3H2,1-2H3. The van der Waals surface area contributed by atoms with Gasteiger partial charge in [-0.05, 0) is 346 Å². The third-order valence-electron chi connectivity index (χ3n) is 28.8. The Hall–Kier alpha value is -9.60. The highest BCUT2D eigenvalue weighted by molar-refractivity contribution is 5.72. The number of rotatable bonds is 38. The van der Waals surface area contributed by atoms with Crippen LogP contribution in [-0.2, 0) is 34.0 Å². The minimum Gasteiger partial charge on any atom is -0.508 e. The largest absolute Gasteiger partial charge is 0.508 e. The van der Waals surface area contributed by atoms with Crippen LogP contribution in [0.25, 0.3) is 0 Å². The SMILES string of the molecule is CCC(C)c1ccc(C(C)(C)C)cc1.CCC(C)c1ccc(O)cc1.CCC(C)c1ccc(O)cc1.CCC(C)c1ccc(O)cc1.CCC(C)c1ccc(OC(C)=O)cc1.CCC(C)c1ccc(OC(C)OCCC2CCCCC2)cc1.CCC(C)c1ccc(OC(C)OCCOC(=O)C2CCC(C(C)(C)C)CC2)cc1.CCC(C)c1ccc(OC(C)OCCOc2ccc(C3CCCCC3)cc2)cc1. The Labute approximate surface area is 855 Å². The summed E-state index contributed by atoms with van der Waals surface area (Å²) >= 11 is 0. The third-order valence-corrected chi connectivity index (χ3v) is 28.8. The van der Waals surface area contributed by atoms with Gasteiger partial charge in [0.05, 0.1) is 25.7 Å². The summed E-state index contributed by atoms with van der Waals surface area (Å²) in [6.45, 7) is 58.5. The van der Waals surface area contributed by atoms with Crippen LogP contribution < -0.4 is 23.7 Å². The average molecular weight is 1940 g/mol. The zero-order valence-electron chi connectivity index (χ0n) is 92.1. The molecule has 3 fully saturated rings. The van der Waals surface area contributed by atoms with E-state index in [1.54, 1.807) is 36.4 Å². The van der Waals surface area contributed by atoms with Crippen LogP contribution in [0.15, 0.2) is 218 Å². The van der Waals surface area contributed by atoms with Crippen LogP contribution in [0.1, 0.15) is 437 Å². The topological polar surface area (TPSA) is 178 Å². The van der Waals surface area contributed by atoms with E-state index in [1.807, 2.05) is 106 Å². The van der Waals surface area contributed by atoms with Crippen LogP contribution in [0.5, 0.6) is 46.0 Å². The quantitative estimate of drug-likeness (QED) is 0.0144. The predicted octanol–water partition coefficient (Wildman–Crippen LogP) is 35.7. The summed E-state index contributed by atoms with van der Waals surface area (Å²) in [5.74, 6) is 11.8. The van der Waals surface area contributed by atoms with Crippen molar-refractivity contribution in [1.29, 1.82) is 0 Å². The summed E-state index contributed by atoms with van der Waals surface area (Å²) < 4.78 is 50.9. The van der Waals surface area contributed by atoms with Crippen molar-refractivity contribution in [2.75, 3.05) is 33.0 Å². The maximum Gasteiger partial charge on any atom is 0.309 e. The molecule has 0 aliphatic heterocycles. The molecule has 3 saturated carbocycles. The summed E-state index contributed by atoms with van der Waals surface area (Å²) in [4.78, 5) is 23.0. The van der Waals surface area contributed by atoms with E-state index in [1.165, 1.54) is 146 Å². The Morgan fingerprint density at radius 2 is 0.589 bits per heavy atom. The van der Waals surface area contributed by atoms with Gasteiger partial charge in [0, 0.05) is 6.92 Å². The molecule has 3 aliphatic carbocycles. The Bertz CT molecular complexity index is 4570. The van der Waals surface area contributed by atoms with Crippen molar-refractivity contribution < 1.29 is 67.5 Å². The second-order valence-corrected chi connectivity index (χ2v) is 41.8. The molecule has 0 spiro atoms. The number of esters is 2.